The standard InChI is InChI=1S/C17H26ClNO2/c1-5-13(2)16(14-9-7-6-8-10-14)17(20)19(3)11-15(18)12-21-4/h6-10,13,15-16H,5,11-12H2,1-4H3. The summed E-state index contributed by atoms with van der Waals surface area (Å²) in [6, 6.07) is 9.98. The van der Waals surface area contributed by atoms with Gasteiger partial charge in [-0.15, -0.1) is 11.6 Å². The van der Waals surface area contributed by atoms with Crippen LogP contribution in [0.2, 0.25) is 0 Å². The smallest absolute Gasteiger partial charge is 0.230 e. The Labute approximate surface area is 133 Å². The van der Waals surface area contributed by atoms with E-state index in [1.165, 1.54) is 0 Å². The van der Waals surface area contributed by atoms with Gasteiger partial charge in [-0.2, -0.15) is 0 Å². The molecule has 1 aromatic rings. The second-order valence-electron chi connectivity index (χ2n) is 5.55. The fourth-order valence-corrected chi connectivity index (χ4v) is 2.80. The Balaban J connectivity index is 2.86. The summed E-state index contributed by atoms with van der Waals surface area (Å²) in [5.74, 6) is 0.295. The predicted molar refractivity (Wildman–Crippen MR) is 87.8 cm³/mol. The number of halogens is 1. The molecule has 0 N–H and O–H groups in total. The van der Waals surface area contributed by atoms with Gasteiger partial charge in [0.25, 0.3) is 0 Å². The molecule has 4 heteroatoms. The van der Waals surface area contributed by atoms with Gasteiger partial charge in [-0.25, -0.2) is 0 Å². The zero-order valence-electron chi connectivity index (χ0n) is 13.4. The lowest BCUT2D eigenvalue weighted by Gasteiger charge is -2.29. The molecule has 0 saturated heterocycles. The zero-order valence-corrected chi connectivity index (χ0v) is 14.1. The van der Waals surface area contributed by atoms with Crippen molar-refractivity contribution in [2.24, 2.45) is 5.92 Å². The molecule has 0 fully saturated rings. The molecule has 0 heterocycles. The van der Waals surface area contributed by atoms with E-state index in [1.807, 2.05) is 37.4 Å². The molecule has 0 saturated carbocycles. The van der Waals surface area contributed by atoms with Crippen molar-refractivity contribution in [1.29, 1.82) is 0 Å². The molecule has 0 radical (unpaired) electrons. The summed E-state index contributed by atoms with van der Waals surface area (Å²) in [5.41, 5.74) is 1.07. The Morgan fingerprint density at radius 1 is 1.33 bits per heavy atom. The molecule has 0 bridgehead atoms. The molecule has 3 atom stereocenters. The number of hydrogen-bond acceptors (Lipinski definition) is 2. The molecule has 0 aliphatic rings. The number of likely N-dealkylation sites (N-methyl/N-ethyl adjacent to an activating group) is 1. The predicted octanol–water partition coefficient (Wildman–Crippen LogP) is 3.53. The Hall–Kier alpha value is -1.06. The quantitative estimate of drug-likeness (QED) is 0.687. The van der Waals surface area contributed by atoms with Crippen LogP contribution in [0.1, 0.15) is 31.7 Å². The first-order valence-electron chi connectivity index (χ1n) is 7.44. The van der Waals surface area contributed by atoms with E-state index in [2.05, 4.69) is 13.8 Å². The first-order valence-corrected chi connectivity index (χ1v) is 7.87. The fourth-order valence-electron chi connectivity index (χ4n) is 2.47. The normalized spacial score (nSPS) is 15.3. The van der Waals surface area contributed by atoms with Crippen LogP contribution in [0.4, 0.5) is 0 Å². The summed E-state index contributed by atoms with van der Waals surface area (Å²) in [6.45, 7) is 5.17. The van der Waals surface area contributed by atoms with Gasteiger partial charge in [-0.1, -0.05) is 50.6 Å². The topological polar surface area (TPSA) is 29.5 Å². The van der Waals surface area contributed by atoms with Crippen LogP contribution in [0.25, 0.3) is 0 Å². The molecule has 1 amide bonds. The van der Waals surface area contributed by atoms with E-state index in [9.17, 15) is 4.79 Å². The second-order valence-corrected chi connectivity index (χ2v) is 6.16. The van der Waals surface area contributed by atoms with Gasteiger partial charge >= 0.3 is 0 Å². The van der Waals surface area contributed by atoms with Crippen molar-refractivity contribution in [3.8, 4) is 0 Å². The Morgan fingerprint density at radius 3 is 2.48 bits per heavy atom. The van der Waals surface area contributed by atoms with Crippen LogP contribution in [0, 0.1) is 5.92 Å². The molecule has 0 aliphatic carbocycles. The first kappa shape index (κ1) is 18.0. The SMILES string of the molecule is CCC(C)C(C(=O)N(C)CC(Cl)COC)c1ccccc1. The number of alkyl halides is 1. The summed E-state index contributed by atoms with van der Waals surface area (Å²) < 4.78 is 5.03. The van der Waals surface area contributed by atoms with Crippen molar-refractivity contribution in [1.82, 2.24) is 4.90 Å². The van der Waals surface area contributed by atoms with Gasteiger partial charge in [0, 0.05) is 20.7 Å². The highest BCUT2D eigenvalue weighted by molar-refractivity contribution is 6.21. The van der Waals surface area contributed by atoms with Crippen molar-refractivity contribution < 1.29 is 9.53 Å². The number of carbonyl (C=O) groups is 1. The minimum Gasteiger partial charge on any atom is -0.383 e. The lowest BCUT2D eigenvalue weighted by Crippen LogP contribution is -2.38. The number of amides is 1. The Kier molecular flexibility index (Phi) is 7.76. The van der Waals surface area contributed by atoms with E-state index >= 15 is 0 Å². The van der Waals surface area contributed by atoms with Gasteiger partial charge in [-0.3, -0.25) is 4.79 Å². The zero-order chi connectivity index (χ0) is 15.8. The highest BCUT2D eigenvalue weighted by atomic mass is 35.5. The molecule has 3 nitrogen and oxygen atoms in total. The third kappa shape index (κ3) is 5.33. The molecule has 1 rings (SSSR count). The minimum atomic E-state index is -0.183. The van der Waals surface area contributed by atoms with Crippen molar-refractivity contribution in [3.05, 3.63) is 35.9 Å². The van der Waals surface area contributed by atoms with Crippen LogP contribution < -0.4 is 0 Å². The van der Waals surface area contributed by atoms with Gasteiger partial charge in [-0.05, 0) is 11.5 Å². The number of nitrogens with zero attached hydrogens (tertiary/aromatic N) is 1. The van der Waals surface area contributed by atoms with Crippen LogP contribution in [0.3, 0.4) is 0 Å². The summed E-state index contributed by atoms with van der Waals surface area (Å²) in [4.78, 5) is 14.5. The number of methoxy groups -OCH3 is 1. The molecule has 0 aliphatic heterocycles. The third-order valence-electron chi connectivity index (χ3n) is 3.83. The molecular weight excluding hydrogens is 286 g/mol. The highest BCUT2D eigenvalue weighted by Gasteiger charge is 2.29. The lowest BCUT2D eigenvalue weighted by atomic mass is 9.84. The van der Waals surface area contributed by atoms with Crippen LogP contribution in [0.15, 0.2) is 30.3 Å². The average Bonchev–Trinajstić information content (AvgIpc) is 2.48. The maximum Gasteiger partial charge on any atom is 0.230 e. The number of ether oxygens (including phenoxy) is 1. The largest absolute Gasteiger partial charge is 0.383 e. The molecule has 0 aromatic heterocycles. The van der Waals surface area contributed by atoms with Gasteiger partial charge < -0.3 is 9.64 Å². The fraction of sp³-hybridized carbons (Fsp3) is 0.588. The number of benzene rings is 1. The minimum absolute atomic E-state index is 0.118. The Morgan fingerprint density at radius 2 is 1.95 bits per heavy atom. The van der Waals surface area contributed by atoms with Crippen molar-refractivity contribution >= 4 is 17.5 Å². The molecule has 0 spiro atoms. The van der Waals surface area contributed by atoms with E-state index in [1.54, 1.807) is 12.0 Å². The Bertz CT molecular complexity index is 424. The first-order chi connectivity index (χ1) is 10.0. The summed E-state index contributed by atoms with van der Waals surface area (Å²) >= 11 is 6.17. The van der Waals surface area contributed by atoms with E-state index in [-0.39, 0.29) is 17.2 Å². The summed E-state index contributed by atoms with van der Waals surface area (Å²) in [6.07, 6.45) is 0.960. The summed E-state index contributed by atoms with van der Waals surface area (Å²) in [5, 5.41) is -0.183. The number of rotatable bonds is 8. The van der Waals surface area contributed by atoms with Gasteiger partial charge in [0.05, 0.1) is 17.9 Å². The maximum atomic E-state index is 12.8. The molecule has 1 aromatic carbocycles. The van der Waals surface area contributed by atoms with Crippen molar-refractivity contribution in [3.63, 3.8) is 0 Å². The second kappa shape index (κ2) is 9.06. The van der Waals surface area contributed by atoms with Gasteiger partial charge in [0.1, 0.15) is 0 Å². The highest BCUT2D eigenvalue weighted by Crippen LogP contribution is 2.28. The number of hydrogen-bond donors (Lipinski definition) is 0. The van der Waals surface area contributed by atoms with Gasteiger partial charge in [0.2, 0.25) is 5.91 Å². The third-order valence-corrected chi connectivity index (χ3v) is 4.10. The van der Waals surface area contributed by atoms with E-state index < -0.39 is 0 Å². The van der Waals surface area contributed by atoms with Gasteiger partial charge in [0.15, 0.2) is 0 Å². The molecule has 3 unspecified atom stereocenters. The van der Waals surface area contributed by atoms with E-state index in [0.717, 1.165) is 12.0 Å². The molecular formula is C17H26ClNO2. The maximum absolute atomic E-state index is 12.8. The average molecular weight is 312 g/mol. The van der Waals surface area contributed by atoms with Crippen LogP contribution in [-0.4, -0.2) is 43.5 Å². The van der Waals surface area contributed by atoms with E-state index in [0.29, 0.717) is 19.1 Å². The monoisotopic (exact) mass is 311 g/mol. The molecule has 21 heavy (non-hydrogen) atoms. The number of carbonyl (C=O) groups excluding carboxylic acids is 1. The summed E-state index contributed by atoms with van der Waals surface area (Å²) in [7, 11) is 3.43. The van der Waals surface area contributed by atoms with E-state index in [4.69, 9.17) is 16.3 Å². The van der Waals surface area contributed by atoms with Crippen LogP contribution in [0.5, 0.6) is 0 Å². The molecule has 118 valence electrons. The van der Waals surface area contributed by atoms with Crippen LogP contribution >= 0.6 is 11.6 Å². The lowest BCUT2D eigenvalue weighted by molar-refractivity contribution is -0.132. The van der Waals surface area contributed by atoms with Crippen molar-refractivity contribution in [2.75, 3.05) is 27.3 Å². The van der Waals surface area contributed by atoms with Crippen LogP contribution in [-0.2, 0) is 9.53 Å². The van der Waals surface area contributed by atoms with Crippen molar-refractivity contribution in [2.45, 2.75) is 31.6 Å².